The Morgan fingerprint density at radius 1 is 1.09 bits per heavy atom. The van der Waals surface area contributed by atoms with Crippen LogP contribution in [-0.4, -0.2) is 58.8 Å². The number of pyridine rings is 1. The van der Waals surface area contributed by atoms with E-state index in [9.17, 15) is 22.8 Å². The van der Waals surface area contributed by atoms with Crippen LogP contribution in [0.5, 0.6) is 0 Å². The molecule has 0 aliphatic carbocycles. The van der Waals surface area contributed by atoms with E-state index >= 15 is 0 Å². The van der Waals surface area contributed by atoms with Crippen LogP contribution in [-0.2, 0) is 28.9 Å². The van der Waals surface area contributed by atoms with Crippen LogP contribution in [0.25, 0.3) is 0 Å². The summed E-state index contributed by atoms with van der Waals surface area (Å²) < 4.78 is 38.3. The normalized spacial score (nSPS) is 23.9. The summed E-state index contributed by atoms with van der Waals surface area (Å²) in [4.78, 5) is 34.2. The second kappa shape index (κ2) is 9.44. The van der Waals surface area contributed by atoms with Gasteiger partial charge in [-0.15, -0.1) is 0 Å². The van der Waals surface area contributed by atoms with E-state index in [4.69, 9.17) is 12.6 Å². The summed E-state index contributed by atoms with van der Waals surface area (Å²) >= 11 is 4.75. The van der Waals surface area contributed by atoms with Gasteiger partial charge < -0.3 is 4.90 Å². The molecule has 2 unspecified atom stereocenters. The van der Waals surface area contributed by atoms with Crippen molar-refractivity contribution in [3.8, 4) is 0 Å². The van der Waals surface area contributed by atoms with Gasteiger partial charge in [0.25, 0.3) is 0 Å². The summed E-state index contributed by atoms with van der Waals surface area (Å²) in [5.74, 6) is 0.0763. The second-order valence-electron chi connectivity index (χ2n) is 9.21. The topological polar surface area (TPSA) is 68.8 Å². The number of carbonyl (C=O) groups excluding carboxylic acids is 2. The average Bonchev–Trinajstić information content (AvgIpc) is 3.14. The zero-order valence-corrected chi connectivity index (χ0v) is 19.9. The Bertz CT molecular complexity index is 1120. The van der Waals surface area contributed by atoms with Crippen LogP contribution in [0.2, 0.25) is 0 Å². The monoisotopic (exact) mass is 505 g/mol. The zero-order valence-electron chi connectivity index (χ0n) is 19.0. The molecule has 1 aromatic heterocycles. The number of benzene rings is 1. The van der Waals surface area contributed by atoms with Crippen molar-refractivity contribution >= 4 is 30.3 Å². The maximum Gasteiger partial charge on any atom is 0.417 e. The Balaban J connectivity index is 1.18. The second-order valence-corrected chi connectivity index (χ2v) is 9.70. The summed E-state index contributed by atoms with van der Waals surface area (Å²) in [7, 11) is 0. The summed E-state index contributed by atoms with van der Waals surface area (Å²) in [5.41, 5.74) is 2.64. The number of carbonyl (C=O) groups is 2. The van der Waals surface area contributed by atoms with Crippen LogP contribution >= 0.6 is 12.6 Å². The number of nitrogens with zero attached hydrogens (tertiary/aromatic N) is 4. The number of piperazine rings is 1. The van der Waals surface area contributed by atoms with Gasteiger partial charge in [-0.3, -0.25) is 24.7 Å². The van der Waals surface area contributed by atoms with Gasteiger partial charge in [-0.2, -0.15) is 25.8 Å². The van der Waals surface area contributed by atoms with Crippen molar-refractivity contribution in [3.05, 3.63) is 58.8 Å². The molecule has 7 nitrogen and oxygen atoms in total. The Labute approximate surface area is 206 Å². The molecule has 0 saturated carbocycles. The lowest BCUT2D eigenvalue weighted by Crippen LogP contribution is -2.51. The highest BCUT2D eigenvalue weighted by atomic mass is 32.1. The minimum Gasteiger partial charge on any atom is -0.354 e. The first-order chi connectivity index (χ1) is 16.7. The lowest BCUT2D eigenvalue weighted by molar-refractivity contribution is -0.139. The third-order valence-electron chi connectivity index (χ3n) is 6.94. The highest BCUT2D eigenvalue weighted by Gasteiger charge is 2.39. The third kappa shape index (κ3) is 5.03. The molecule has 2 fully saturated rings. The number of thiol groups is 1. The zero-order chi connectivity index (χ0) is 24.7. The molecule has 5 rings (SSSR count). The Kier molecular flexibility index (Phi) is 6.49. The van der Waals surface area contributed by atoms with Crippen LogP contribution < -0.4 is 10.2 Å². The molecule has 35 heavy (non-hydrogen) atoms. The summed E-state index contributed by atoms with van der Waals surface area (Å²) in [6.45, 7) is 4.29. The SMILES string of the molecule is O=C1CCC(N2Cc3cc(CN4CCN(c5ccc(C(F)(F)F)cn5)CC4)ccc3C2S)C(=O)N1. The molecule has 1 aromatic carbocycles. The molecule has 2 saturated heterocycles. The number of hydrogen-bond acceptors (Lipinski definition) is 7. The van der Waals surface area contributed by atoms with Crippen molar-refractivity contribution < 1.29 is 22.8 Å². The third-order valence-corrected chi connectivity index (χ3v) is 7.52. The summed E-state index contributed by atoms with van der Waals surface area (Å²) in [5, 5.41) is 2.23. The van der Waals surface area contributed by atoms with Crippen molar-refractivity contribution in [2.75, 3.05) is 31.1 Å². The van der Waals surface area contributed by atoms with E-state index in [0.29, 0.717) is 38.3 Å². The van der Waals surface area contributed by atoms with E-state index in [1.165, 1.54) is 6.07 Å². The largest absolute Gasteiger partial charge is 0.417 e. The number of alkyl halides is 3. The van der Waals surface area contributed by atoms with E-state index < -0.39 is 11.7 Å². The van der Waals surface area contributed by atoms with Crippen molar-refractivity contribution in [2.24, 2.45) is 0 Å². The Morgan fingerprint density at radius 3 is 2.51 bits per heavy atom. The van der Waals surface area contributed by atoms with Crippen LogP contribution in [0.15, 0.2) is 36.5 Å². The van der Waals surface area contributed by atoms with E-state index in [1.807, 2.05) is 9.80 Å². The van der Waals surface area contributed by atoms with Gasteiger partial charge in [0, 0.05) is 51.9 Å². The van der Waals surface area contributed by atoms with Crippen molar-refractivity contribution in [1.29, 1.82) is 0 Å². The molecule has 1 N–H and O–H groups in total. The van der Waals surface area contributed by atoms with Crippen LogP contribution in [0, 0.1) is 0 Å². The average molecular weight is 506 g/mol. The van der Waals surface area contributed by atoms with Gasteiger partial charge >= 0.3 is 6.18 Å². The number of halogens is 3. The first-order valence-electron chi connectivity index (χ1n) is 11.6. The van der Waals surface area contributed by atoms with Gasteiger partial charge in [0.05, 0.1) is 17.0 Å². The van der Waals surface area contributed by atoms with Crippen LogP contribution in [0.3, 0.4) is 0 Å². The maximum atomic E-state index is 12.8. The van der Waals surface area contributed by atoms with Gasteiger partial charge in [-0.1, -0.05) is 18.2 Å². The van der Waals surface area contributed by atoms with Crippen molar-refractivity contribution in [3.63, 3.8) is 0 Å². The van der Waals surface area contributed by atoms with Gasteiger partial charge in [0.2, 0.25) is 11.8 Å². The predicted molar refractivity (Wildman–Crippen MR) is 127 cm³/mol. The van der Waals surface area contributed by atoms with Gasteiger partial charge in [-0.25, -0.2) is 4.98 Å². The fraction of sp³-hybridized carbons (Fsp3) is 0.458. The van der Waals surface area contributed by atoms with E-state index in [0.717, 1.165) is 48.6 Å². The number of piperidine rings is 1. The molecule has 3 aliphatic heterocycles. The highest BCUT2D eigenvalue weighted by molar-refractivity contribution is 7.80. The number of amides is 2. The van der Waals surface area contributed by atoms with E-state index in [2.05, 4.69) is 33.4 Å². The summed E-state index contributed by atoms with van der Waals surface area (Å²) in [6.07, 6.45) is -2.66. The number of imide groups is 1. The van der Waals surface area contributed by atoms with Gasteiger partial charge in [-0.05, 0) is 35.2 Å². The number of aromatic nitrogens is 1. The van der Waals surface area contributed by atoms with E-state index in [-0.39, 0.29) is 23.2 Å². The molecule has 2 atom stereocenters. The fourth-order valence-electron chi connectivity index (χ4n) is 5.02. The van der Waals surface area contributed by atoms with E-state index in [1.54, 1.807) is 0 Å². The van der Waals surface area contributed by atoms with Crippen LogP contribution in [0.1, 0.15) is 40.5 Å². The van der Waals surface area contributed by atoms with Crippen molar-refractivity contribution in [2.45, 2.75) is 43.5 Å². The molecule has 0 spiro atoms. The molecule has 0 radical (unpaired) electrons. The predicted octanol–water partition coefficient (Wildman–Crippen LogP) is 2.97. The minimum atomic E-state index is -4.38. The molecule has 2 amide bonds. The fourth-order valence-corrected chi connectivity index (χ4v) is 5.52. The summed E-state index contributed by atoms with van der Waals surface area (Å²) in [6, 6.07) is 8.45. The number of hydrogen-bond donors (Lipinski definition) is 2. The molecular weight excluding hydrogens is 479 g/mol. The number of fused-ring (bicyclic) bond motifs is 1. The molecule has 186 valence electrons. The lowest BCUT2D eigenvalue weighted by atomic mass is 10.0. The first kappa shape index (κ1) is 24.1. The standard InChI is InChI=1S/C24H26F3N5O2S/c25-24(26,27)17-2-5-20(28-12-17)31-9-7-30(8-10-31)13-15-1-3-18-16(11-15)14-32(23(18)35)19-4-6-21(33)29-22(19)34/h1-3,5,11-12,19,23,35H,4,6-10,13-14H2,(H,29,33,34). The molecule has 2 aromatic rings. The number of rotatable bonds is 4. The Hall–Kier alpha value is -2.63. The Morgan fingerprint density at radius 2 is 1.86 bits per heavy atom. The quantitative estimate of drug-likeness (QED) is 0.492. The lowest BCUT2D eigenvalue weighted by Gasteiger charge is -2.35. The number of anilines is 1. The first-order valence-corrected chi connectivity index (χ1v) is 12.1. The van der Waals surface area contributed by atoms with Gasteiger partial charge in [0.1, 0.15) is 5.82 Å². The molecular formula is C24H26F3N5O2S. The smallest absolute Gasteiger partial charge is 0.354 e. The molecule has 0 bridgehead atoms. The van der Waals surface area contributed by atoms with Crippen LogP contribution in [0.4, 0.5) is 19.0 Å². The molecule has 4 heterocycles. The van der Waals surface area contributed by atoms with Gasteiger partial charge in [0.15, 0.2) is 0 Å². The number of nitrogens with one attached hydrogen (secondary N) is 1. The minimum absolute atomic E-state index is 0.192. The maximum absolute atomic E-state index is 12.8. The molecule has 11 heteroatoms. The molecule has 3 aliphatic rings. The highest BCUT2D eigenvalue weighted by Crippen LogP contribution is 2.39. The van der Waals surface area contributed by atoms with Crippen molar-refractivity contribution in [1.82, 2.24) is 20.1 Å².